The first-order valence-corrected chi connectivity index (χ1v) is 9.67. The van der Waals surface area contributed by atoms with Crippen molar-refractivity contribution in [3.8, 4) is 5.75 Å². The van der Waals surface area contributed by atoms with E-state index in [-0.39, 0.29) is 27.7 Å². The topological polar surface area (TPSA) is 57.6 Å². The molecule has 0 bridgehead atoms. The van der Waals surface area contributed by atoms with Crippen LogP contribution < -0.4 is 0 Å². The molecule has 1 N–H and O–H groups in total. The van der Waals surface area contributed by atoms with Crippen molar-refractivity contribution in [2.45, 2.75) is 51.2 Å². The van der Waals surface area contributed by atoms with E-state index < -0.39 is 23.4 Å². The summed E-state index contributed by atoms with van der Waals surface area (Å²) in [6.07, 6.45) is 1.82. The summed E-state index contributed by atoms with van der Waals surface area (Å²) in [7, 11) is 0. The Morgan fingerprint density at radius 1 is 1.22 bits per heavy atom. The Labute approximate surface area is 159 Å². The molecule has 146 valence electrons. The first-order valence-electron chi connectivity index (χ1n) is 8.86. The van der Waals surface area contributed by atoms with Crippen LogP contribution in [0.25, 0.3) is 6.08 Å². The molecule has 27 heavy (non-hydrogen) atoms. The van der Waals surface area contributed by atoms with Crippen LogP contribution in [0.2, 0.25) is 0 Å². The first kappa shape index (κ1) is 19.8. The maximum atomic E-state index is 12.9. The molecule has 1 atom stereocenters. The Bertz CT molecular complexity index is 785. The van der Waals surface area contributed by atoms with Crippen molar-refractivity contribution >= 4 is 29.0 Å². The summed E-state index contributed by atoms with van der Waals surface area (Å²) in [4.78, 5) is 26.4. The summed E-state index contributed by atoms with van der Waals surface area (Å²) < 4.78 is 38.8. The third-order valence-corrected chi connectivity index (χ3v) is 6.07. The van der Waals surface area contributed by atoms with Crippen LogP contribution in [0.4, 0.5) is 18.0 Å². The van der Waals surface area contributed by atoms with Crippen LogP contribution in [0, 0.1) is 5.92 Å². The standard InChI is InChI=1S/C19H20F3NO3S/c1-11(13-5-3-2-4-6-13)23-17(25)16(27-18(23)26)10-12-7-8-15(24)14(9-12)19(20,21)22/h7-11,13,24H,2-6H2,1H3. The Morgan fingerprint density at radius 3 is 2.52 bits per heavy atom. The normalized spacial score (nSPS) is 21.9. The molecule has 0 spiro atoms. The fourth-order valence-corrected chi connectivity index (χ4v) is 4.60. The second-order valence-corrected chi connectivity index (χ2v) is 7.96. The molecule has 3 rings (SSSR count). The molecule has 1 saturated heterocycles. The number of nitrogens with zero attached hydrogens (tertiary/aromatic N) is 1. The van der Waals surface area contributed by atoms with Gasteiger partial charge < -0.3 is 5.11 Å². The summed E-state index contributed by atoms with van der Waals surface area (Å²) in [6.45, 7) is 1.86. The smallest absolute Gasteiger partial charge is 0.419 e. The molecule has 2 fully saturated rings. The molecule has 4 nitrogen and oxygen atoms in total. The minimum atomic E-state index is -4.71. The molecule has 2 amide bonds. The van der Waals surface area contributed by atoms with Crippen LogP contribution in [0.15, 0.2) is 23.1 Å². The second-order valence-electron chi connectivity index (χ2n) is 6.96. The van der Waals surface area contributed by atoms with E-state index in [1.54, 1.807) is 0 Å². The molecule has 1 aromatic rings. The number of phenolic OH excluding ortho intramolecular Hbond substituents is 1. The summed E-state index contributed by atoms with van der Waals surface area (Å²) in [5.41, 5.74) is -1.07. The maximum absolute atomic E-state index is 12.9. The Balaban J connectivity index is 1.84. The lowest BCUT2D eigenvalue weighted by Gasteiger charge is -2.32. The van der Waals surface area contributed by atoms with Gasteiger partial charge >= 0.3 is 6.18 Å². The van der Waals surface area contributed by atoms with Crippen LogP contribution in [-0.2, 0) is 11.0 Å². The van der Waals surface area contributed by atoms with E-state index in [9.17, 15) is 27.9 Å². The van der Waals surface area contributed by atoms with Gasteiger partial charge in [0.05, 0.1) is 10.5 Å². The van der Waals surface area contributed by atoms with E-state index in [1.165, 1.54) is 17.0 Å². The lowest BCUT2D eigenvalue weighted by Crippen LogP contribution is -2.42. The fourth-order valence-electron chi connectivity index (χ4n) is 3.68. The SMILES string of the molecule is CC(C1CCCCC1)N1C(=O)SC(=Cc2ccc(O)c(C(F)(F)F)c2)C1=O. The zero-order chi connectivity index (χ0) is 19.8. The number of rotatable bonds is 3. The second kappa shape index (κ2) is 7.58. The van der Waals surface area contributed by atoms with Gasteiger partial charge in [0.1, 0.15) is 5.75 Å². The predicted molar refractivity (Wildman–Crippen MR) is 97.0 cm³/mol. The van der Waals surface area contributed by atoms with Gasteiger partial charge in [0.15, 0.2) is 0 Å². The van der Waals surface area contributed by atoms with Crippen LogP contribution >= 0.6 is 11.8 Å². The highest BCUT2D eigenvalue weighted by Gasteiger charge is 2.41. The Morgan fingerprint density at radius 2 is 1.89 bits per heavy atom. The number of carbonyl (C=O) groups is 2. The highest BCUT2D eigenvalue weighted by Crippen LogP contribution is 2.40. The van der Waals surface area contributed by atoms with E-state index in [0.29, 0.717) is 0 Å². The molecule has 1 unspecified atom stereocenters. The summed E-state index contributed by atoms with van der Waals surface area (Å²) >= 11 is 0.741. The zero-order valence-electron chi connectivity index (χ0n) is 14.8. The number of benzene rings is 1. The van der Waals surface area contributed by atoms with Crippen molar-refractivity contribution in [3.05, 3.63) is 34.2 Å². The van der Waals surface area contributed by atoms with E-state index >= 15 is 0 Å². The molecular weight excluding hydrogens is 379 g/mol. The van der Waals surface area contributed by atoms with Gasteiger partial charge in [-0.2, -0.15) is 13.2 Å². The van der Waals surface area contributed by atoms with E-state index in [2.05, 4.69) is 0 Å². The highest BCUT2D eigenvalue weighted by molar-refractivity contribution is 8.18. The van der Waals surface area contributed by atoms with Crippen LogP contribution in [-0.4, -0.2) is 27.2 Å². The van der Waals surface area contributed by atoms with Gasteiger partial charge in [-0.25, -0.2) is 0 Å². The van der Waals surface area contributed by atoms with Gasteiger partial charge in [-0.1, -0.05) is 25.3 Å². The molecule has 1 aliphatic carbocycles. The zero-order valence-corrected chi connectivity index (χ0v) is 15.6. The van der Waals surface area contributed by atoms with Crippen molar-refractivity contribution in [2.24, 2.45) is 5.92 Å². The van der Waals surface area contributed by atoms with Gasteiger partial charge in [0, 0.05) is 6.04 Å². The highest BCUT2D eigenvalue weighted by atomic mass is 32.2. The predicted octanol–water partition coefficient (Wildman–Crippen LogP) is 5.42. The summed E-state index contributed by atoms with van der Waals surface area (Å²) in [5.74, 6) is -1.08. The fraction of sp³-hybridized carbons (Fsp3) is 0.474. The lowest BCUT2D eigenvalue weighted by atomic mass is 9.84. The third-order valence-electron chi connectivity index (χ3n) is 5.19. The number of thioether (sulfide) groups is 1. The number of alkyl halides is 3. The molecule has 1 heterocycles. The number of hydrogen-bond acceptors (Lipinski definition) is 4. The van der Waals surface area contributed by atoms with Gasteiger partial charge in [-0.15, -0.1) is 0 Å². The molecular formula is C19H20F3NO3S. The number of hydrogen-bond donors (Lipinski definition) is 1. The van der Waals surface area contributed by atoms with Gasteiger partial charge in [-0.05, 0) is 61.2 Å². The molecule has 0 radical (unpaired) electrons. The maximum Gasteiger partial charge on any atom is 0.419 e. The molecule has 2 aliphatic rings. The van der Waals surface area contributed by atoms with Gasteiger partial charge in [0.25, 0.3) is 11.1 Å². The van der Waals surface area contributed by atoms with Gasteiger partial charge in [0.2, 0.25) is 0 Å². The summed E-state index contributed by atoms with van der Waals surface area (Å²) in [5, 5.41) is 9.02. The first-order chi connectivity index (χ1) is 12.7. The minimum Gasteiger partial charge on any atom is -0.507 e. The number of imide groups is 1. The van der Waals surface area contributed by atoms with Crippen molar-refractivity contribution in [2.75, 3.05) is 0 Å². The molecule has 8 heteroatoms. The van der Waals surface area contributed by atoms with Crippen LogP contribution in [0.1, 0.15) is 50.2 Å². The van der Waals surface area contributed by atoms with Crippen molar-refractivity contribution < 1.29 is 27.9 Å². The van der Waals surface area contributed by atoms with E-state index in [0.717, 1.165) is 56.0 Å². The average molecular weight is 399 g/mol. The van der Waals surface area contributed by atoms with Gasteiger partial charge in [-0.3, -0.25) is 14.5 Å². The monoisotopic (exact) mass is 399 g/mol. The lowest BCUT2D eigenvalue weighted by molar-refractivity contribution is -0.138. The minimum absolute atomic E-state index is 0.0986. The number of aromatic hydroxyl groups is 1. The van der Waals surface area contributed by atoms with Crippen molar-refractivity contribution in [1.29, 1.82) is 0 Å². The molecule has 0 aromatic heterocycles. The number of amides is 2. The largest absolute Gasteiger partial charge is 0.507 e. The molecule has 1 aromatic carbocycles. The number of carbonyl (C=O) groups excluding carboxylic acids is 2. The van der Waals surface area contributed by atoms with E-state index in [1.807, 2.05) is 6.92 Å². The number of halogens is 3. The van der Waals surface area contributed by atoms with Crippen molar-refractivity contribution in [3.63, 3.8) is 0 Å². The Hall–Kier alpha value is -1.96. The van der Waals surface area contributed by atoms with Crippen molar-refractivity contribution in [1.82, 2.24) is 4.90 Å². The molecule has 1 aliphatic heterocycles. The number of phenols is 1. The van der Waals surface area contributed by atoms with Crippen LogP contribution in [0.5, 0.6) is 5.75 Å². The Kier molecular flexibility index (Phi) is 5.55. The molecule has 1 saturated carbocycles. The quantitative estimate of drug-likeness (QED) is 0.690. The van der Waals surface area contributed by atoms with Crippen LogP contribution in [0.3, 0.4) is 0 Å². The average Bonchev–Trinajstić information content (AvgIpc) is 2.89. The summed E-state index contributed by atoms with van der Waals surface area (Å²) in [6, 6.07) is 2.76. The third kappa shape index (κ3) is 4.15. The van der Waals surface area contributed by atoms with E-state index in [4.69, 9.17) is 0 Å².